The normalized spacial score (nSPS) is 32.2. The Kier molecular flexibility index (Phi) is 2.75. The Morgan fingerprint density at radius 2 is 1.76 bits per heavy atom. The van der Waals surface area contributed by atoms with Gasteiger partial charge < -0.3 is 10.6 Å². The molecule has 1 aliphatic carbocycles. The first-order valence-electron chi connectivity index (χ1n) is 6.46. The van der Waals surface area contributed by atoms with Crippen LogP contribution in [0.4, 0.5) is 4.79 Å². The Morgan fingerprint density at radius 3 is 2.59 bits per heavy atom. The van der Waals surface area contributed by atoms with E-state index in [1.807, 2.05) is 18.2 Å². The van der Waals surface area contributed by atoms with Crippen molar-refractivity contribution in [3.63, 3.8) is 0 Å². The molecule has 2 N–H and O–H groups in total. The predicted octanol–water partition coefficient (Wildman–Crippen LogP) is 2.60. The van der Waals surface area contributed by atoms with Crippen molar-refractivity contribution in [2.45, 2.75) is 37.8 Å². The van der Waals surface area contributed by atoms with Gasteiger partial charge in [-0.1, -0.05) is 43.2 Å². The smallest absolute Gasteiger partial charge is 0.315 e. The van der Waals surface area contributed by atoms with Crippen LogP contribution in [0.2, 0.25) is 0 Å². The van der Waals surface area contributed by atoms with Gasteiger partial charge in [0.25, 0.3) is 0 Å². The molecular formula is C14H18N2O. The summed E-state index contributed by atoms with van der Waals surface area (Å²) in [5.74, 6) is 0.545. The summed E-state index contributed by atoms with van der Waals surface area (Å²) in [4.78, 5) is 11.7. The minimum Gasteiger partial charge on any atom is -0.335 e. The van der Waals surface area contributed by atoms with Gasteiger partial charge in [0, 0.05) is 12.0 Å². The molecule has 1 saturated heterocycles. The maximum absolute atomic E-state index is 11.7. The molecule has 3 atom stereocenters. The molecule has 2 fully saturated rings. The van der Waals surface area contributed by atoms with E-state index in [1.165, 1.54) is 24.8 Å². The zero-order chi connectivity index (χ0) is 11.7. The Labute approximate surface area is 102 Å². The highest BCUT2D eigenvalue weighted by Crippen LogP contribution is 2.36. The summed E-state index contributed by atoms with van der Waals surface area (Å²) in [5, 5.41) is 6.15. The van der Waals surface area contributed by atoms with E-state index in [0.717, 1.165) is 6.42 Å². The van der Waals surface area contributed by atoms with Crippen LogP contribution < -0.4 is 10.6 Å². The van der Waals surface area contributed by atoms with Crippen molar-refractivity contribution in [2.24, 2.45) is 5.92 Å². The monoisotopic (exact) mass is 230 g/mol. The molecule has 1 aliphatic heterocycles. The van der Waals surface area contributed by atoms with E-state index in [1.54, 1.807) is 0 Å². The summed E-state index contributed by atoms with van der Waals surface area (Å²) in [6, 6.07) is 10.9. The van der Waals surface area contributed by atoms with E-state index in [0.29, 0.717) is 12.0 Å². The fourth-order valence-corrected chi connectivity index (χ4v) is 3.19. The van der Waals surface area contributed by atoms with Crippen LogP contribution in [0.5, 0.6) is 0 Å². The van der Waals surface area contributed by atoms with Gasteiger partial charge in [0.2, 0.25) is 0 Å². The lowest BCUT2D eigenvalue weighted by atomic mass is 9.76. The van der Waals surface area contributed by atoms with Crippen molar-refractivity contribution in [3.8, 4) is 0 Å². The van der Waals surface area contributed by atoms with Crippen molar-refractivity contribution < 1.29 is 4.79 Å². The number of amides is 2. The summed E-state index contributed by atoms with van der Waals surface area (Å²) in [6.45, 7) is 0. The van der Waals surface area contributed by atoms with Crippen LogP contribution in [0.3, 0.4) is 0 Å². The third-order valence-corrected chi connectivity index (χ3v) is 4.01. The summed E-state index contributed by atoms with van der Waals surface area (Å²) in [6.07, 6.45) is 4.85. The number of benzene rings is 1. The van der Waals surface area contributed by atoms with Crippen LogP contribution in [0, 0.1) is 5.92 Å². The van der Waals surface area contributed by atoms with E-state index >= 15 is 0 Å². The summed E-state index contributed by atoms with van der Waals surface area (Å²) in [5.41, 5.74) is 1.24. The number of fused-ring (bicyclic) bond motifs is 1. The van der Waals surface area contributed by atoms with Crippen LogP contribution in [-0.4, -0.2) is 12.1 Å². The van der Waals surface area contributed by atoms with Gasteiger partial charge in [0.05, 0.1) is 6.04 Å². The van der Waals surface area contributed by atoms with Crippen molar-refractivity contribution in [1.82, 2.24) is 10.6 Å². The molecule has 90 valence electrons. The average molecular weight is 230 g/mol. The highest BCUT2D eigenvalue weighted by molar-refractivity contribution is 5.76. The molecule has 3 nitrogen and oxygen atoms in total. The van der Waals surface area contributed by atoms with Crippen molar-refractivity contribution in [3.05, 3.63) is 35.9 Å². The number of hydrogen-bond acceptors (Lipinski definition) is 1. The highest BCUT2D eigenvalue weighted by Gasteiger charge is 2.38. The largest absolute Gasteiger partial charge is 0.335 e. The van der Waals surface area contributed by atoms with Gasteiger partial charge in [-0.05, 0) is 18.4 Å². The minimum atomic E-state index is -0.0120. The summed E-state index contributed by atoms with van der Waals surface area (Å²) in [7, 11) is 0. The van der Waals surface area contributed by atoms with Crippen molar-refractivity contribution in [1.29, 1.82) is 0 Å². The Hall–Kier alpha value is -1.51. The molecule has 1 saturated carbocycles. The standard InChI is InChI=1S/C14H18N2O/c17-14-15-12-9-5-4-8-11(12)13(16-14)10-6-2-1-3-7-10/h1-3,6-7,11-13H,4-5,8-9H2,(H2,15,16,17). The Balaban J connectivity index is 1.88. The number of carbonyl (C=O) groups excluding carboxylic acids is 1. The number of hydrogen-bond donors (Lipinski definition) is 2. The zero-order valence-corrected chi connectivity index (χ0v) is 9.86. The highest BCUT2D eigenvalue weighted by atomic mass is 16.2. The van der Waals surface area contributed by atoms with E-state index in [9.17, 15) is 4.79 Å². The van der Waals surface area contributed by atoms with Crippen LogP contribution in [0.25, 0.3) is 0 Å². The first-order chi connectivity index (χ1) is 8.34. The second kappa shape index (κ2) is 4.40. The minimum absolute atomic E-state index is 0.0120. The predicted molar refractivity (Wildman–Crippen MR) is 66.6 cm³/mol. The number of rotatable bonds is 1. The lowest BCUT2D eigenvalue weighted by Crippen LogP contribution is -2.57. The number of carbonyl (C=O) groups is 1. The van der Waals surface area contributed by atoms with E-state index < -0.39 is 0 Å². The maximum atomic E-state index is 11.7. The Morgan fingerprint density at radius 1 is 1.00 bits per heavy atom. The topological polar surface area (TPSA) is 41.1 Å². The molecule has 3 rings (SSSR count). The van der Waals surface area contributed by atoms with Crippen molar-refractivity contribution >= 4 is 6.03 Å². The molecule has 1 heterocycles. The molecule has 2 amide bonds. The molecule has 0 spiro atoms. The first-order valence-corrected chi connectivity index (χ1v) is 6.46. The Bertz CT molecular complexity index is 404. The van der Waals surface area contributed by atoms with Crippen LogP contribution in [-0.2, 0) is 0 Å². The molecule has 0 aromatic heterocycles. The fraction of sp³-hybridized carbons (Fsp3) is 0.500. The zero-order valence-electron chi connectivity index (χ0n) is 9.86. The summed E-state index contributed by atoms with van der Waals surface area (Å²) < 4.78 is 0. The third-order valence-electron chi connectivity index (χ3n) is 4.01. The molecule has 2 aliphatic rings. The summed E-state index contributed by atoms with van der Waals surface area (Å²) >= 11 is 0. The lowest BCUT2D eigenvalue weighted by Gasteiger charge is -2.42. The maximum Gasteiger partial charge on any atom is 0.315 e. The second-order valence-corrected chi connectivity index (χ2v) is 5.06. The average Bonchev–Trinajstić information content (AvgIpc) is 2.39. The lowest BCUT2D eigenvalue weighted by molar-refractivity contribution is 0.162. The van der Waals surface area contributed by atoms with Gasteiger partial charge in [-0.15, -0.1) is 0 Å². The van der Waals surface area contributed by atoms with Crippen LogP contribution >= 0.6 is 0 Å². The van der Waals surface area contributed by atoms with Crippen LogP contribution in [0.15, 0.2) is 30.3 Å². The number of urea groups is 1. The molecular weight excluding hydrogens is 212 g/mol. The number of nitrogens with one attached hydrogen (secondary N) is 2. The molecule has 0 bridgehead atoms. The molecule has 1 aromatic rings. The SMILES string of the molecule is O=C1NC2CCCCC2C(c2ccccc2)N1. The van der Waals surface area contributed by atoms with Crippen molar-refractivity contribution in [2.75, 3.05) is 0 Å². The van der Waals surface area contributed by atoms with E-state index in [2.05, 4.69) is 22.8 Å². The van der Waals surface area contributed by atoms with E-state index in [4.69, 9.17) is 0 Å². The second-order valence-electron chi connectivity index (χ2n) is 5.06. The quantitative estimate of drug-likeness (QED) is 0.765. The van der Waals surface area contributed by atoms with E-state index in [-0.39, 0.29) is 12.1 Å². The molecule has 17 heavy (non-hydrogen) atoms. The van der Waals surface area contributed by atoms with Gasteiger partial charge >= 0.3 is 6.03 Å². The van der Waals surface area contributed by atoms with Gasteiger partial charge in [0.15, 0.2) is 0 Å². The fourth-order valence-electron chi connectivity index (χ4n) is 3.19. The van der Waals surface area contributed by atoms with Gasteiger partial charge in [-0.3, -0.25) is 0 Å². The van der Waals surface area contributed by atoms with Crippen LogP contribution in [0.1, 0.15) is 37.3 Å². The van der Waals surface area contributed by atoms with Gasteiger partial charge in [-0.25, -0.2) is 4.79 Å². The molecule has 1 aromatic carbocycles. The van der Waals surface area contributed by atoms with Gasteiger partial charge in [0.1, 0.15) is 0 Å². The first kappa shape index (κ1) is 10.6. The molecule has 3 heteroatoms. The third kappa shape index (κ3) is 2.02. The van der Waals surface area contributed by atoms with Gasteiger partial charge in [-0.2, -0.15) is 0 Å². The molecule has 0 radical (unpaired) electrons. The molecule has 3 unspecified atom stereocenters.